The number of hydrogen-bond donors (Lipinski definition) is 1. The Balaban J connectivity index is 2.59. The molecule has 2 rings (SSSR count). The van der Waals surface area contributed by atoms with Crippen molar-refractivity contribution in [3.8, 4) is 11.5 Å². The fraction of sp³-hybridized carbons (Fsp3) is 0.263. The summed E-state index contributed by atoms with van der Waals surface area (Å²) in [5.74, 6) is -1.12. The van der Waals surface area contributed by atoms with Crippen LogP contribution in [0, 0.1) is 0 Å². The molecule has 0 saturated carbocycles. The van der Waals surface area contributed by atoms with E-state index in [2.05, 4.69) is 0 Å². The molecule has 1 atom stereocenters. The molecule has 0 spiro atoms. The molecule has 0 amide bonds. The van der Waals surface area contributed by atoms with E-state index >= 15 is 0 Å². The minimum Gasteiger partial charge on any atom is -0.497 e. The van der Waals surface area contributed by atoms with Gasteiger partial charge in [0.1, 0.15) is 17.1 Å². The van der Waals surface area contributed by atoms with Crippen molar-refractivity contribution in [3.63, 3.8) is 0 Å². The first-order valence-electron chi connectivity index (χ1n) is 7.62. The molecule has 2 aromatic carbocycles. The van der Waals surface area contributed by atoms with E-state index in [0.29, 0.717) is 11.3 Å². The van der Waals surface area contributed by atoms with Crippen LogP contribution in [-0.2, 0) is 9.53 Å². The predicted molar refractivity (Wildman–Crippen MR) is 91.4 cm³/mol. The molecule has 1 N–H and O–H groups in total. The zero-order valence-electron chi connectivity index (χ0n) is 14.3. The molecule has 25 heavy (non-hydrogen) atoms. The number of carbonyl (C=O) groups is 2. The lowest BCUT2D eigenvalue weighted by Gasteiger charge is -2.20. The summed E-state index contributed by atoms with van der Waals surface area (Å²) in [6.07, 6.45) is 0.0102. The summed E-state index contributed by atoms with van der Waals surface area (Å²) in [4.78, 5) is 23.7. The molecule has 1 unspecified atom stereocenters. The lowest BCUT2D eigenvalue weighted by Crippen LogP contribution is -2.14. The summed E-state index contributed by atoms with van der Waals surface area (Å²) < 4.78 is 15.1. The molecule has 132 valence electrons. The molecule has 0 bridgehead atoms. The number of esters is 1. The maximum Gasteiger partial charge on any atom is 0.339 e. The topological polar surface area (TPSA) is 82.1 Å². The van der Waals surface area contributed by atoms with Gasteiger partial charge in [0, 0.05) is 5.92 Å². The van der Waals surface area contributed by atoms with E-state index in [1.165, 1.54) is 14.2 Å². The van der Waals surface area contributed by atoms with Crippen LogP contribution in [0.25, 0.3) is 0 Å². The molecule has 6 nitrogen and oxygen atoms in total. The Morgan fingerprint density at radius 2 is 1.68 bits per heavy atom. The van der Waals surface area contributed by atoms with Crippen LogP contribution in [-0.4, -0.2) is 38.4 Å². The summed E-state index contributed by atoms with van der Waals surface area (Å²) in [5.41, 5.74) is 1.30. The molecule has 0 aliphatic heterocycles. The van der Waals surface area contributed by atoms with Crippen molar-refractivity contribution in [3.05, 3.63) is 59.2 Å². The first kappa shape index (κ1) is 18.3. The number of carbonyl (C=O) groups excluding carboxylic acids is 1. The Morgan fingerprint density at radius 1 is 1.00 bits per heavy atom. The van der Waals surface area contributed by atoms with E-state index in [4.69, 9.17) is 14.2 Å². The Kier molecular flexibility index (Phi) is 6.00. The minimum absolute atomic E-state index is 0.0102. The van der Waals surface area contributed by atoms with Gasteiger partial charge in [0.05, 0.1) is 27.8 Å². The SMILES string of the molecule is COC(=O)CC(c1ccc(OC)cc1)c1cccc(OC)c1C(=O)O. The van der Waals surface area contributed by atoms with Crippen molar-refractivity contribution in [2.75, 3.05) is 21.3 Å². The highest BCUT2D eigenvalue weighted by Gasteiger charge is 2.26. The van der Waals surface area contributed by atoms with Gasteiger partial charge in [-0.1, -0.05) is 24.3 Å². The van der Waals surface area contributed by atoms with Gasteiger partial charge in [0.2, 0.25) is 0 Å². The standard InChI is InChI=1S/C19H20O6/c1-23-13-9-7-12(8-10-13)15(11-17(20)25-3)14-5-4-6-16(24-2)18(14)19(21)22/h4-10,15H,11H2,1-3H3,(H,21,22). The number of rotatable bonds is 7. The number of carboxylic acids is 1. The highest BCUT2D eigenvalue weighted by molar-refractivity contribution is 5.93. The van der Waals surface area contributed by atoms with E-state index in [-0.39, 0.29) is 17.7 Å². The van der Waals surface area contributed by atoms with E-state index in [9.17, 15) is 14.7 Å². The van der Waals surface area contributed by atoms with E-state index < -0.39 is 17.9 Å². The van der Waals surface area contributed by atoms with Gasteiger partial charge >= 0.3 is 11.9 Å². The summed E-state index contributed by atoms with van der Waals surface area (Å²) in [6.45, 7) is 0. The van der Waals surface area contributed by atoms with Gasteiger partial charge in [-0.2, -0.15) is 0 Å². The van der Waals surface area contributed by atoms with Crippen LogP contribution in [0.3, 0.4) is 0 Å². The highest BCUT2D eigenvalue weighted by Crippen LogP contribution is 2.35. The number of hydrogen-bond acceptors (Lipinski definition) is 5. The molecular formula is C19H20O6. The lowest BCUT2D eigenvalue weighted by atomic mass is 9.85. The molecule has 0 saturated heterocycles. The van der Waals surface area contributed by atoms with Crippen molar-refractivity contribution in [1.29, 1.82) is 0 Å². The Bertz CT molecular complexity index is 751. The summed E-state index contributed by atoms with van der Waals surface area (Å²) in [6, 6.07) is 12.1. The fourth-order valence-corrected chi connectivity index (χ4v) is 2.73. The van der Waals surface area contributed by atoms with Gasteiger partial charge in [-0.25, -0.2) is 4.79 Å². The maximum atomic E-state index is 11.9. The molecule has 0 radical (unpaired) electrons. The first-order chi connectivity index (χ1) is 12.0. The maximum absolute atomic E-state index is 11.9. The number of benzene rings is 2. The van der Waals surface area contributed by atoms with Crippen molar-refractivity contribution >= 4 is 11.9 Å². The molecule has 2 aromatic rings. The quantitative estimate of drug-likeness (QED) is 0.777. The molecule has 0 heterocycles. The van der Waals surface area contributed by atoms with Crippen LogP contribution in [0.2, 0.25) is 0 Å². The fourth-order valence-electron chi connectivity index (χ4n) is 2.73. The van der Waals surface area contributed by atoms with Crippen molar-refractivity contribution in [1.82, 2.24) is 0 Å². The van der Waals surface area contributed by atoms with Gasteiger partial charge in [0.15, 0.2) is 0 Å². The van der Waals surface area contributed by atoms with Crippen LogP contribution >= 0.6 is 0 Å². The average molecular weight is 344 g/mol. The third kappa shape index (κ3) is 4.09. The third-order valence-corrected chi connectivity index (χ3v) is 3.98. The van der Waals surface area contributed by atoms with Crippen LogP contribution in [0.15, 0.2) is 42.5 Å². The van der Waals surface area contributed by atoms with Gasteiger partial charge in [-0.3, -0.25) is 4.79 Å². The van der Waals surface area contributed by atoms with Crippen LogP contribution < -0.4 is 9.47 Å². The van der Waals surface area contributed by atoms with E-state index in [1.807, 2.05) is 0 Å². The smallest absolute Gasteiger partial charge is 0.339 e. The largest absolute Gasteiger partial charge is 0.497 e. The number of carboxylic acid groups (broad SMARTS) is 1. The first-order valence-corrected chi connectivity index (χ1v) is 7.62. The monoisotopic (exact) mass is 344 g/mol. The molecule has 6 heteroatoms. The lowest BCUT2D eigenvalue weighted by molar-refractivity contribution is -0.140. The van der Waals surface area contributed by atoms with Crippen molar-refractivity contribution in [2.24, 2.45) is 0 Å². The molecule has 0 aliphatic carbocycles. The molecule has 0 aliphatic rings. The van der Waals surface area contributed by atoms with Gasteiger partial charge in [-0.15, -0.1) is 0 Å². The van der Waals surface area contributed by atoms with E-state index in [1.54, 1.807) is 49.6 Å². The summed E-state index contributed by atoms with van der Waals surface area (Å²) in [7, 11) is 4.27. The zero-order chi connectivity index (χ0) is 18.4. The number of aromatic carboxylic acids is 1. The van der Waals surface area contributed by atoms with Gasteiger partial charge in [-0.05, 0) is 29.3 Å². The normalized spacial score (nSPS) is 11.5. The van der Waals surface area contributed by atoms with Gasteiger partial charge < -0.3 is 19.3 Å². The molecule has 0 fully saturated rings. The molecular weight excluding hydrogens is 324 g/mol. The van der Waals surface area contributed by atoms with Crippen molar-refractivity contribution in [2.45, 2.75) is 12.3 Å². The van der Waals surface area contributed by atoms with Crippen LogP contribution in [0.5, 0.6) is 11.5 Å². The second-order valence-corrected chi connectivity index (χ2v) is 5.34. The second kappa shape index (κ2) is 8.19. The second-order valence-electron chi connectivity index (χ2n) is 5.34. The minimum atomic E-state index is -1.11. The molecule has 0 aromatic heterocycles. The summed E-state index contributed by atoms with van der Waals surface area (Å²) >= 11 is 0. The Morgan fingerprint density at radius 3 is 2.20 bits per heavy atom. The average Bonchev–Trinajstić information content (AvgIpc) is 2.65. The van der Waals surface area contributed by atoms with Crippen molar-refractivity contribution < 1.29 is 28.9 Å². The highest BCUT2D eigenvalue weighted by atomic mass is 16.5. The Labute approximate surface area is 146 Å². The predicted octanol–water partition coefficient (Wildman–Crippen LogP) is 3.10. The number of methoxy groups -OCH3 is 3. The van der Waals surface area contributed by atoms with Gasteiger partial charge in [0.25, 0.3) is 0 Å². The van der Waals surface area contributed by atoms with E-state index in [0.717, 1.165) is 5.56 Å². The summed E-state index contributed by atoms with van der Waals surface area (Å²) in [5, 5.41) is 9.63. The Hall–Kier alpha value is -3.02. The number of ether oxygens (including phenoxy) is 3. The van der Waals surface area contributed by atoms with Crippen LogP contribution in [0.1, 0.15) is 33.8 Å². The zero-order valence-corrected chi connectivity index (χ0v) is 14.3. The van der Waals surface area contributed by atoms with Crippen LogP contribution in [0.4, 0.5) is 0 Å². The third-order valence-electron chi connectivity index (χ3n) is 3.98.